The Morgan fingerprint density at radius 3 is 2.67 bits per heavy atom. The summed E-state index contributed by atoms with van der Waals surface area (Å²) in [7, 11) is 0. The minimum Gasteiger partial charge on any atom is -0.483 e. The number of ether oxygens (including phenoxy) is 1. The van der Waals surface area contributed by atoms with Gasteiger partial charge in [0.2, 0.25) is 5.43 Å². The Balaban J connectivity index is 1.91. The molecule has 1 aromatic carbocycles. The van der Waals surface area contributed by atoms with E-state index in [1.165, 1.54) is 10.8 Å². The predicted molar refractivity (Wildman–Crippen MR) is 109 cm³/mol. The van der Waals surface area contributed by atoms with E-state index >= 15 is 0 Å². The summed E-state index contributed by atoms with van der Waals surface area (Å²) in [6.07, 6.45) is 4.65. The Morgan fingerprint density at radius 2 is 2.00 bits per heavy atom. The maximum Gasteiger partial charge on any atom is 0.275 e. The highest BCUT2D eigenvalue weighted by Gasteiger charge is 2.45. The van der Waals surface area contributed by atoms with Crippen molar-refractivity contribution >= 4 is 11.8 Å². The number of aromatic nitrogens is 1. The maximum atomic E-state index is 13.3. The third-order valence-electron chi connectivity index (χ3n) is 5.73. The van der Waals surface area contributed by atoms with Crippen molar-refractivity contribution in [3.8, 4) is 5.75 Å². The number of primary amides is 1. The fourth-order valence-corrected chi connectivity index (χ4v) is 3.96. The Hall–Kier alpha value is -3.39. The lowest BCUT2D eigenvalue weighted by molar-refractivity contribution is 0.0203. The minimum atomic E-state index is -1.32. The van der Waals surface area contributed by atoms with Crippen LogP contribution in [-0.4, -0.2) is 44.6 Å². The summed E-state index contributed by atoms with van der Waals surface area (Å²) < 4.78 is 7.26. The van der Waals surface area contributed by atoms with Crippen LogP contribution in [-0.2, 0) is 6.61 Å². The van der Waals surface area contributed by atoms with Gasteiger partial charge in [-0.3, -0.25) is 14.4 Å². The van der Waals surface area contributed by atoms with Crippen LogP contribution in [0.2, 0.25) is 0 Å². The summed E-state index contributed by atoms with van der Waals surface area (Å²) in [5.41, 5.74) is 3.88. The first-order chi connectivity index (χ1) is 14.2. The van der Waals surface area contributed by atoms with E-state index in [-0.39, 0.29) is 36.2 Å². The van der Waals surface area contributed by atoms with Crippen LogP contribution < -0.4 is 15.9 Å². The summed E-state index contributed by atoms with van der Waals surface area (Å²) in [6.45, 7) is 3.71. The van der Waals surface area contributed by atoms with E-state index in [1.54, 1.807) is 24.0 Å². The lowest BCUT2D eigenvalue weighted by Gasteiger charge is -2.41. The topological polar surface area (TPSA) is 115 Å². The zero-order chi connectivity index (χ0) is 21.6. The lowest BCUT2D eigenvalue weighted by atomic mass is 9.93. The third-order valence-corrected chi connectivity index (χ3v) is 5.73. The number of nitrogens with two attached hydrogens (primary N) is 1. The fraction of sp³-hybridized carbons (Fsp3) is 0.318. The van der Waals surface area contributed by atoms with Gasteiger partial charge in [-0.2, -0.15) is 0 Å². The van der Waals surface area contributed by atoms with Gasteiger partial charge < -0.3 is 25.0 Å². The molecule has 156 valence electrons. The van der Waals surface area contributed by atoms with Gasteiger partial charge in [0.1, 0.15) is 17.8 Å². The largest absolute Gasteiger partial charge is 0.483 e. The van der Waals surface area contributed by atoms with Crippen LogP contribution in [0.3, 0.4) is 0 Å². The average molecular weight is 409 g/mol. The van der Waals surface area contributed by atoms with Gasteiger partial charge in [-0.05, 0) is 19.4 Å². The van der Waals surface area contributed by atoms with Crippen LogP contribution in [0.25, 0.3) is 0 Å². The van der Waals surface area contributed by atoms with E-state index in [0.717, 1.165) is 5.56 Å². The van der Waals surface area contributed by atoms with Crippen molar-refractivity contribution in [2.24, 2.45) is 5.73 Å². The first-order valence-corrected chi connectivity index (χ1v) is 9.69. The quantitative estimate of drug-likeness (QED) is 0.737. The molecule has 30 heavy (non-hydrogen) atoms. The number of hydrogen-bond donors (Lipinski definition) is 2. The number of amides is 2. The molecule has 2 amide bonds. The van der Waals surface area contributed by atoms with Crippen LogP contribution in [0.4, 0.5) is 0 Å². The van der Waals surface area contributed by atoms with Crippen molar-refractivity contribution in [3.05, 3.63) is 75.7 Å². The molecule has 0 aliphatic carbocycles. The second-order valence-electron chi connectivity index (χ2n) is 7.89. The number of hydrogen-bond acceptors (Lipinski definition) is 5. The van der Waals surface area contributed by atoms with E-state index in [9.17, 15) is 19.5 Å². The van der Waals surface area contributed by atoms with Gasteiger partial charge in [0, 0.05) is 18.8 Å². The highest BCUT2D eigenvalue weighted by Crippen LogP contribution is 2.37. The number of carbonyl (C=O) groups excluding carboxylic acids is 2. The van der Waals surface area contributed by atoms with Gasteiger partial charge in [0.25, 0.3) is 11.8 Å². The van der Waals surface area contributed by atoms with Crippen molar-refractivity contribution in [1.82, 2.24) is 9.47 Å². The summed E-state index contributed by atoms with van der Waals surface area (Å²) in [4.78, 5) is 39.9. The molecule has 2 aromatic rings. The van der Waals surface area contributed by atoms with Gasteiger partial charge in [0.15, 0.2) is 11.4 Å². The molecule has 0 radical (unpaired) electrons. The molecule has 0 fully saturated rings. The van der Waals surface area contributed by atoms with Gasteiger partial charge in [0.05, 0.1) is 6.04 Å². The first-order valence-electron chi connectivity index (χ1n) is 9.69. The first kappa shape index (κ1) is 19.9. The molecule has 0 saturated carbocycles. The Morgan fingerprint density at radius 1 is 1.30 bits per heavy atom. The smallest absolute Gasteiger partial charge is 0.275 e. The minimum absolute atomic E-state index is 0.00741. The summed E-state index contributed by atoms with van der Waals surface area (Å²) in [6, 6.07) is 8.26. The molecule has 0 unspecified atom stereocenters. The van der Waals surface area contributed by atoms with Crippen LogP contribution >= 0.6 is 0 Å². The molecule has 0 spiro atoms. The number of aliphatic hydroxyl groups is 1. The third kappa shape index (κ3) is 3.19. The number of carbonyl (C=O) groups is 2. The standard InChI is InChI=1S/C22H23N3O5/c1-13-8-9-22(2,29)16-11-24(13)21(28)17-19(30-12-14-6-4-3-5-7-14)18(26)15(20(23)27)10-25(16)17/h3-10,13,16,29H,11-12H2,1-2H3,(H2,23,27)/t13-,16+,22-/m0/s1. The predicted octanol–water partition coefficient (Wildman–Crippen LogP) is 1.23. The van der Waals surface area contributed by atoms with Crippen LogP contribution in [0.15, 0.2) is 53.5 Å². The molecule has 3 N–H and O–H groups in total. The van der Waals surface area contributed by atoms with E-state index in [1.807, 2.05) is 37.3 Å². The van der Waals surface area contributed by atoms with Gasteiger partial charge in [-0.25, -0.2) is 0 Å². The van der Waals surface area contributed by atoms with E-state index in [0.29, 0.717) is 0 Å². The molecular weight excluding hydrogens is 386 g/mol. The Bertz CT molecular complexity index is 1100. The molecule has 3 atom stereocenters. The van der Waals surface area contributed by atoms with E-state index in [2.05, 4.69) is 0 Å². The highest BCUT2D eigenvalue weighted by molar-refractivity contribution is 5.99. The van der Waals surface area contributed by atoms with Crippen molar-refractivity contribution in [2.75, 3.05) is 6.54 Å². The van der Waals surface area contributed by atoms with Crippen LogP contribution in [0, 0.1) is 0 Å². The molecule has 1 aromatic heterocycles. The maximum absolute atomic E-state index is 13.3. The molecule has 2 bridgehead atoms. The average Bonchev–Trinajstić information content (AvgIpc) is 2.81. The number of nitrogens with zero attached hydrogens (tertiary/aromatic N) is 2. The SMILES string of the molecule is C[C@H]1C=C[C@](C)(O)[C@H]2CN1C(=O)c1c(OCc3ccccc3)c(=O)c(C(N)=O)cn12. The molecule has 0 saturated heterocycles. The highest BCUT2D eigenvalue weighted by atomic mass is 16.5. The van der Waals surface area contributed by atoms with Gasteiger partial charge in [-0.1, -0.05) is 42.5 Å². The van der Waals surface area contributed by atoms with Crippen molar-refractivity contribution in [3.63, 3.8) is 0 Å². The van der Waals surface area contributed by atoms with Gasteiger partial charge in [-0.15, -0.1) is 0 Å². The number of rotatable bonds is 4. The number of benzene rings is 1. The van der Waals surface area contributed by atoms with Crippen molar-refractivity contribution < 1.29 is 19.4 Å². The Kier molecular flexibility index (Phi) is 4.74. The van der Waals surface area contributed by atoms with Crippen molar-refractivity contribution in [1.29, 1.82) is 0 Å². The second kappa shape index (κ2) is 7.14. The van der Waals surface area contributed by atoms with E-state index in [4.69, 9.17) is 10.5 Å². The molecule has 2 aliphatic heterocycles. The normalized spacial score (nSPS) is 24.9. The fourth-order valence-electron chi connectivity index (χ4n) is 3.96. The Labute approximate surface area is 173 Å². The zero-order valence-corrected chi connectivity index (χ0v) is 16.7. The summed E-state index contributed by atoms with van der Waals surface area (Å²) >= 11 is 0. The molecule has 2 aliphatic rings. The zero-order valence-electron chi connectivity index (χ0n) is 16.7. The lowest BCUT2D eigenvalue weighted by Crippen LogP contribution is -2.52. The van der Waals surface area contributed by atoms with E-state index < -0.39 is 28.9 Å². The summed E-state index contributed by atoms with van der Waals surface area (Å²) in [5, 5.41) is 11.0. The van der Waals surface area contributed by atoms with Crippen molar-refractivity contribution in [2.45, 2.75) is 38.1 Å². The molecular formula is C22H23N3O5. The molecule has 8 heteroatoms. The summed E-state index contributed by atoms with van der Waals surface area (Å²) in [5.74, 6) is -1.57. The number of pyridine rings is 1. The number of fused-ring (bicyclic) bond motifs is 4. The molecule has 3 heterocycles. The molecule has 4 rings (SSSR count). The van der Waals surface area contributed by atoms with Crippen LogP contribution in [0.1, 0.15) is 46.3 Å². The second-order valence-corrected chi connectivity index (χ2v) is 7.89. The monoisotopic (exact) mass is 409 g/mol. The molecule has 8 nitrogen and oxygen atoms in total. The van der Waals surface area contributed by atoms with Gasteiger partial charge >= 0.3 is 0 Å². The van der Waals surface area contributed by atoms with Crippen LogP contribution in [0.5, 0.6) is 5.75 Å².